The Morgan fingerprint density at radius 2 is 0.878 bits per heavy atom. The maximum Gasteiger partial charge on any atom is 0.584 e. The minimum Gasteiger partial charge on any atom is -0.508 e. The molecule has 1 aliphatic rings. The maximum absolute atomic E-state index is 13.6. The average molecular weight is 564 g/mol. The summed E-state index contributed by atoms with van der Waals surface area (Å²) in [7, 11) is -4.84. The Kier molecular flexibility index (Phi) is 5.41. The Balaban J connectivity index is 1.71. The van der Waals surface area contributed by atoms with Gasteiger partial charge in [-0.15, -0.1) is 0 Å². The number of phosphoric acid groups is 1. The fourth-order valence-electron chi connectivity index (χ4n) is 5.52. The molecule has 0 aromatic heterocycles. The molecule has 1 aliphatic heterocycles. The molecule has 0 fully saturated rings. The minimum atomic E-state index is -4.84. The van der Waals surface area contributed by atoms with Crippen LogP contribution in [0.2, 0.25) is 0 Å². The number of rotatable bonds is 2. The third-order valence-corrected chi connectivity index (χ3v) is 7.92. The van der Waals surface area contributed by atoms with Crippen molar-refractivity contribution in [2.24, 2.45) is 0 Å². The van der Waals surface area contributed by atoms with E-state index in [9.17, 15) is 29.9 Å². The monoisotopic (exact) mass is 564 g/mol. The van der Waals surface area contributed by atoms with Gasteiger partial charge in [0.1, 0.15) is 34.5 Å². The van der Waals surface area contributed by atoms with Crippen LogP contribution in [-0.2, 0) is 4.57 Å². The van der Waals surface area contributed by atoms with E-state index in [0.717, 1.165) is 10.8 Å². The van der Waals surface area contributed by atoms with Crippen LogP contribution in [0.4, 0.5) is 0 Å². The van der Waals surface area contributed by atoms with Crippen molar-refractivity contribution in [1.29, 1.82) is 0 Å². The van der Waals surface area contributed by atoms with E-state index in [1.54, 1.807) is 12.1 Å². The third kappa shape index (κ3) is 4.17. The summed E-state index contributed by atoms with van der Waals surface area (Å²) in [6.07, 6.45) is 0. The number of hydrogen-bond donors (Lipinski definition) is 5. The normalized spacial score (nSPS) is 13.6. The lowest BCUT2D eigenvalue weighted by molar-refractivity contribution is 0.295. The molecule has 0 unspecified atom stereocenters. The molecule has 0 aliphatic carbocycles. The Hall–Kier alpha value is -5.17. The van der Waals surface area contributed by atoms with Crippen molar-refractivity contribution in [2.75, 3.05) is 0 Å². The van der Waals surface area contributed by atoms with Crippen LogP contribution in [0.3, 0.4) is 0 Å². The number of fused-ring (bicyclic) bond motifs is 7. The molecule has 0 saturated heterocycles. The zero-order valence-electron chi connectivity index (χ0n) is 21.1. The zero-order chi connectivity index (χ0) is 28.5. The van der Waals surface area contributed by atoms with Gasteiger partial charge >= 0.3 is 7.82 Å². The Morgan fingerprint density at radius 3 is 1.27 bits per heavy atom. The van der Waals surface area contributed by atoms with Crippen molar-refractivity contribution in [3.8, 4) is 67.9 Å². The number of aromatic hydroxyl groups is 4. The first-order valence-electron chi connectivity index (χ1n) is 12.6. The largest absolute Gasteiger partial charge is 0.584 e. The number of phosphoric ester groups is 1. The number of benzene rings is 6. The van der Waals surface area contributed by atoms with Crippen LogP contribution in [0.15, 0.2) is 97.1 Å². The second-order valence-corrected chi connectivity index (χ2v) is 11.1. The maximum atomic E-state index is 13.6. The first kappa shape index (κ1) is 24.8. The molecule has 0 spiro atoms. The molecule has 8 nitrogen and oxygen atoms in total. The molecular weight excluding hydrogens is 543 g/mol. The van der Waals surface area contributed by atoms with Gasteiger partial charge in [-0.25, -0.2) is 4.57 Å². The topological polar surface area (TPSA) is 137 Å². The fourth-order valence-corrected chi connectivity index (χ4v) is 6.40. The first-order chi connectivity index (χ1) is 19.7. The summed E-state index contributed by atoms with van der Waals surface area (Å²) in [5, 5.41) is 44.0. The fraction of sp³-hybridized carbons (Fsp3) is 0. The molecule has 6 aromatic carbocycles. The molecule has 0 saturated carbocycles. The van der Waals surface area contributed by atoms with Crippen molar-refractivity contribution >= 4 is 29.4 Å². The molecule has 0 bridgehead atoms. The summed E-state index contributed by atoms with van der Waals surface area (Å²) in [6, 6.07) is 26.4. The van der Waals surface area contributed by atoms with E-state index >= 15 is 0 Å². The van der Waals surface area contributed by atoms with Gasteiger partial charge in [-0.1, -0.05) is 48.5 Å². The molecule has 1 heterocycles. The van der Waals surface area contributed by atoms with Crippen LogP contribution in [0.1, 0.15) is 0 Å². The highest BCUT2D eigenvalue weighted by atomic mass is 31.2. The summed E-state index contributed by atoms with van der Waals surface area (Å²) >= 11 is 0. The van der Waals surface area contributed by atoms with E-state index in [0.29, 0.717) is 44.2 Å². The van der Waals surface area contributed by atoms with Gasteiger partial charge in [0.05, 0.1) is 0 Å². The summed E-state index contributed by atoms with van der Waals surface area (Å²) in [5.74, 6) is -0.739. The Morgan fingerprint density at radius 1 is 0.512 bits per heavy atom. The standard InChI is InChI=1S/C32H21O8P/c33-21-9-19(10-22(34)15-21)27-13-17-5-1-3-7-25(17)29-30-26-8-4-2-6-18(26)14-28(20-11-23(35)16-24(36)12-20)32(30)40-41(37,38)39-31(27)29/h1-16,33-36H,(H,37,38). The predicted octanol–water partition coefficient (Wildman–Crippen LogP) is 7.69. The molecule has 7 rings (SSSR count). The van der Waals surface area contributed by atoms with Crippen molar-refractivity contribution < 1.29 is 38.9 Å². The van der Waals surface area contributed by atoms with Gasteiger partial charge in [0.15, 0.2) is 0 Å². The quantitative estimate of drug-likeness (QED) is 0.135. The zero-order valence-corrected chi connectivity index (χ0v) is 22.0. The predicted molar refractivity (Wildman–Crippen MR) is 156 cm³/mol. The van der Waals surface area contributed by atoms with Crippen LogP contribution >= 0.6 is 7.82 Å². The van der Waals surface area contributed by atoms with Crippen LogP contribution < -0.4 is 9.05 Å². The number of phenols is 4. The molecule has 202 valence electrons. The summed E-state index contributed by atoms with van der Waals surface area (Å²) in [4.78, 5) is 11.1. The van der Waals surface area contributed by atoms with Crippen LogP contribution in [-0.4, -0.2) is 25.3 Å². The van der Waals surface area contributed by atoms with Crippen molar-refractivity contribution in [2.45, 2.75) is 0 Å². The molecule has 41 heavy (non-hydrogen) atoms. The van der Waals surface area contributed by atoms with Crippen molar-refractivity contribution in [3.63, 3.8) is 0 Å². The second kappa shape index (κ2) is 8.93. The van der Waals surface area contributed by atoms with Crippen molar-refractivity contribution in [3.05, 3.63) is 97.1 Å². The smallest absolute Gasteiger partial charge is 0.508 e. The van der Waals surface area contributed by atoms with Crippen LogP contribution in [0, 0.1) is 0 Å². The van der Waals surface area contributed by atoms with E-state index in [1.807, 2.05) is 48.5 Å². The molecule has 6 aromatic rings. The average Bonchev–Trinajstić information content (AvgIpc) is 3.04. The minimum absolute atomic E-state index is 0.0272. The lowest BCUT2D eigenvalue weighted by atomic mass is 9.86. The number of hydrogen-bond acceptors (Lipinski definition) is 7. The van der Waals surface area contributed by atoms with Gasteiger partial charge in [0, 0.05) is 34.4 Å². The van der Waals surface area contributed by atoms with Gasteiger partial charge in [-0.05, 0) is 69.1 Å². The third-order valence-electron chi connectivity index (χ3n) is 7.09. The molecule has 0 atom stereocenters. The molecule has 0 radical (unpaired) electrons. The highest BCUT2D eigenvalue weighted by Crippen LogP contribution is 2.61. The first-order valence-corrected chi connectivity index (χ1v) is 14.1. The van der Waals surface area contributed by atoms with E-state index in [2.05, 4.69) is 0 Å². The van der Waals surface area contributed by atoms with E-state index in [-0.39, 0.29) is 34.5 Å². The second-order valence-electron chi connectivity index (χ2n) is 9.83. The molecular formula is C32H21O8P. The molecule has 9 heteroatoms. The summed E-state index contributed by atoms with van der Waals surface area (Å²) < 4.78 is 25.2. The van der Waals surface area contributed by atoms with E-state index < -0.39 is 7.82 Å². The van der Waals surface area contributed by atoms with Gasteiger partial charge < -0.3 is 29.5 Å². The molecule has 0 amide bonds. The lowest BCUT2D eigenvalue weighted by Gasteiger charge is -2.19. The van der Waals surface area contributed by atoms with Gasteiger partial charge in [0.25, 0.3) is 0 Å². The SMILES string of the molecule is O=P1(O)Oc2c(-c3cc(O)cc(O)c3)cc3ccccc3c2-c2c(c(-c3cc(O)cc(O)c3)cc3ccccc23)O1. The van der Waals surface area contributed by atoms with Crippen molar-refractivity contribution in [1.82, 2.24) is 0 Å². The van der Waals surface area contributed by atoms with Gasteiger partial charge in [-0.2, -0.15) is 0 Å². The molecule has 5 N–H and O–H groups in total. The van der Waals surface area contributed by atoms with Gasteiger partial charge in [0.2, 0.25) is 0 Å². The van der Waals surface area contributed by atoms with E-state index in [4.69, 9.17) is 9.05 Å². The lowest BCUT2D eigenvalue weighted by Crippen LogP contribution is -2.00. The highest BCUT2D eigenvalue weighted by molar-refractivity contribution is 7.48. The van der Waals surface area contributed by atoms with Crippen LogP contribution in [0.25, 0.3) is 54.9 Å². The highest BCUT2D eigenvalue weighted by Gasteiger charge is 2.37. The Bertz CT molecular complexity index is 1920. The summed E-state index contributed by atoms with van der Waals surface area (Å²) in [6.45, 7) is 0. The Labute approximate surface area is 233 Å². The summed E-state index contributed by atoms with van der Waals surface area (Å²) in [5.41, 5.74) is 2.33. The van der Waals surface area contributed by atoms with E-state index in [1.165, 1.54) is 36.4 Å². The number of phenolic OH excluding ortho intramolecular Hbond substituents is 4. The van der Waals surface area contributed by atoms with Gasteiger partial charge in [-0.3, -0.25) is 4.89 Å². The van der Waals surface area contributed by atoms with Crippen LogP contribution in [0.5, 0.6) is 34.5 Å².